The normalized spacial score (nSPS) is 28.5. The van der Waals surface area contributed by atoms with Crippen LogP contribution in [0.4, 0.5) is 0 Å². The van der Waals surface area contributed by atoms with Crippen LogP contribution in [0.5, 0.6) is 0 Å². The van der Waals surface area contributed by atoms with Gasteiger partial charge in [-0.3, -0.25) is 0 Å². The lowest BCUT2D eigenvalue weighted by Crippen LogP contribution is -3.00. The number of halogens is 1. The van der Waals surface area contributed by atoms with Crippen molar-refractivity contribution in [3.63, 3.8) is 0 Å². The molecule has 0 spiro atoms. The Morgan fingerprint density at radius 2 is 1.00 bits per heavy atom. The van der Waals surface area contributed by atoms with E-state index in [0.717, 1.165) is 12.6 Å². The monoisotopic (exact) mass is 389 g/mol. The van der Waals surface area contributed by atoms with Gasteiger partial charge in [0.2, 0.25) is 0 Å². The Hall–Kier alpha value is -2.09. The minimum absolute atomic E-state index is 0. The van der Waals surface area contributed by atoms with E-state index in [1.54, 1.807) is 0 Å². The number of hydrogen-bond acceptors (Lipinski definition) is 0. The molecule has 3 aromatic rings. The second-order valence-electron chi connectivity index (χ2n) is 8.30. The Morgan fingerprint density at radius 3 is 1.46 bits per heavy atom. The maximum Gasteiger partial charge on any atom is 0.116 e. The smallest absolute Gasteiger partial charge is 0.116 e. The molecule has 0 amide bonds. The van der Waals surface area contributed by atoms with Crippen molar-refractivity contribution in [2.45, 2.75) is 50.4 Å². The molecule has 0 N–H and O–H groups in total. The third kappa shape index (κ3) is 3.17. The highest BCUT2D eigenvalue weighted by atomic mass is 35.5. The molecule has 0 aliphatic carbocycles. The van der Waals surface area contributed by atoms with E-state index in [0.29, 0.717) is 12.1 Å². The summed E-state index contributed by atoms with van der Waals surface area (Å²) in [6.07, 6.45) is 5.33. The lowest BCUT2D eigenvalue weighted by Gasteiger charge is -2.46. The molecule has 2 aliphatic rings. The van der Waals surface area contributed by atoms with E-state index in [-0.39, 0.29) is 12.4 Å². The summed E-state index contributed by atoms with van der Waals surface area (Å²) in [6.45, 7) is 1.14. The van der Waals surface area contributed by atoms with Gasteiger partial charge in [0.1, 0.15) is 18.6 Å². The lowest BCUT2D eigenvalue weighted by molar-refractivity contribution is -0.994. The number of quaternary nitrogens is 1. The highest BCUT2D eigenvalue weighted by Gasteiger charge is 2.58. The molecular formula is C26H28ClN. The number of rotatable bonds is 4. The van der Waals surface area contributed by atoms with Crippen LogP contribution < -0.4 is 12.4 Å². The zero-order valence-corrected chi connectivity index (χ0v) is 17.0. The molecule has 3 aromatic carbocycles. The topological polar surface area (TPSA) is 0 Å². The molecule has 2 saturated heterocycles. The van der Waals surface area contributed by atoms with Crippen molar-refractivity contribution >= 4 is 0 Å². The largest absolute Gasteiger partial charge is 1.00 e. The van der Waals surface area contributed by atoms with Gasteiger partial charge in [0.15, 0.2) is 0 Å². The van der Waals surface area contributed by atoms with Crippen LogP contribution in [0.2, 0.25) is 0 Å². The van der Waals surface area contributed by atoms with Gasteiger partial charge in [-0.15, -0.1) is 0 Å². The molecule has 0 unspecified atom stereocenters. The summed E-state index contributed by atoms with van der Waals surface area (Å²) in [5.41, 5.74) is 4.53. The minimum Gasteiger partial charge on any atom is -1.00 e. The van der Waals surface area contributed by atoms with Crippen molar-refractivity contribution in [1.82, 2.24) is 0 Å². The van der Waals surface area contributed by atoms with Gasteiger partial charge in [0.25, 0.3) is 0 Å². The van der Waals surface area contributed by atoms with E-state index < -0.39 is 0 Å². The van der Waals surface area contributed by atoms with Gasteiger partial charge in [0.05, 0.1) is 6.04 Å². The highest BCUT2D eigenvalue weighted by molar-refractivity contribution is 5.23. The molecule has 5 rings (SSSR count). The van der Waals surface area contributed by atoms with E-state index in [2.05, 4.69) is 91.0 Å². The van der Waals surface area contributed by atoms with Gasteiger partial charge in [-0.05, 0) is 0 Å². The fourth-order valence-electron chi connectivity index (χ4n) is 6.02. The molecule has 2 heterocycles. The van der Waals surface area contributed by atoms with E-state index in [9.17, 15) is 0 Å². The zero-order chi connectivity index (χ0) is 18.1. The maximum absolute atomic E-state index is 2.36. The van der Waals surface area contributed by atoms with Gasteiger partial charge in [0, 0.05) is 42.4 Å². The summed E-state index contributed by atoms with van der Waals surface area (Å²) in [5.74, 6) is 0. The molecule has 0 radical (unpaired) electrons. The van der Waals surface area contributed by atoms with Gasteiger partial charge in [-0.25, -0.2) is 0 Å². The highest BCUT2D eigenvalue weighted by Crippen LogP contribution is 2.58. The Bertz CT molecular complexity index is 827. The molecule has 0 bridgehead atoms. The zero-order valence-electron chi connectivity index (χ0n) is 16.3. The summed E-state index contributed by atoms with van der Waals surface area (Å²) in [7, 11) is 0. The van der Waals surface area contributed by atoms with Crippen molar-refractivity contribution in [2.24, 2.45) is 0 Å². The van der Waals surface area contributed by atoms with Crippen LogP contribution in [-0.2, 0) is 6.54 Å². The van der Waals surface area contributed by atoms with Crippen LogP contribution in [0, 0.1) is 0 Å². The van der Waals surface area contributed by atoms with E-state index in [1.807, 2.05) is 0 Å². The predicted molar refractivity (Wildman–Crippen MR) is 111 cm³/mol. The Morgan fingerprint density at radius 1 is 0.571 bits per heavy atom. The van der Waals surface area contributed by atoms with Crippen LogP contribution >= 0.6 is 0 Å². The molecule has 28 heavy (non-hydrogen) atoms. The number of hydrogen-bond donors (Lipinski definition) is 0. The SMILES string of the molecule is [Cl-].c1ccc(C[N+]23C(CC[C@H]2c2ccccc2)CC[C@H]3c2ccccc2)cc1. The average molecular weight is 390 g/mol. The third-order valence-electron chi connectivity index (χ3n) is 7.05. The van der Waals surface area contributed by atoms with E-state index >= 15 is 0 Å². The Kier molecular flexibility index (Phi) is 5.57. The summed E-state index contributed by atoms with van der Waals surface area (Å²) in [5, 5.41) is 0. The van der Waals surface area contributed by atoms with Crippen LogP contribution in [0.3, 0.4) is 0 Å². The molecule has 1 nitrogen and oxygen atoms in total. The number of fused-ring (bicyclic) bond motifs is 1. The molecular weight excluding hydrogens is 362 g/mol. The molecule has 2 atom stereocenters. The van der Waals surface area contributed by atoms with Crippen molar-refractivity contribution in [2.75, 3.05) is 0 Å². The predicted octanol–water partition coefficient (Wildman–Crippen LogP) is 3.45. The van der Waals surface area contributed by atoms with E-state index in [1.165, 1.54) is 46.9 Å². The molecule has 0 aromatic heterocycles. The standard InChI is InChI=1S/C26H28N.ClH/c1-4-10-21(11-5-1)20-27-24(16-18-25(27)22-12-6-2-7-13-22)17-19-26(27)23-14-8-3-9-15-23;/h1-15,24-26H,16-20H2;1H/q+1;/p-1/t24?,25-,26-,27?;/m0./s1. The second kappa shape index (κ2) is 8.11. The third-order valence-corrected chi connectivity index (χ3v) is 7.05. The quantitative estimate of drug-likeness (QED) is 0.599. The van der Waals surface area contributed by atoms with Gasteiger partial charge >= 0.3 is 0 Å². The molecule has 2 aliphatic heterocycles. The van der Waals surface area contributed by atoms with Crippen molar-refractivity contribution in [3.05, 3.63) is 108 Å². The molecule has 2 heteroatoms. The summed E-state index contributed by atoms with van der Waals surface area (Å²) < 4.78 is 1.22. The second-order valence-corrected chi connectivity index (χ2v) is 8.30. The fourth-order valence-corrected chi connectivity index (χ4v) is 6.02. The first kappa shape index (κ1) is 19.2. The van der Waals surface area contributed by atoms with Crippen LogP contribution in [-0.4, -0.2) is 10.5 Å². The van der Waals surface area contributed by atoms with Gasteiger partial charge < -0.3 is 16.9 Å². The molecule has 0 saturated carbocycles. The lowest BCUT2D eigenvalue weighted by atomic mass is 9.95. The summed E-state index contributed by atoms with van der Waals surface area (Å²) in [4.78, 5) is 0. The van der Waals surface area contributed by atoms with Crippen molar-refractivity contribution in [3.8, 4) is 0 Å². The van der Waals surface area contributed by atoms with Crippen LogP contribution in [0.15, 0.2) is 91.0 Å². The van der Waals surface area contributed by atoms with Gasteiger partial charge in [-0.1, -0.05) is 91.0 Å². The number of benzene rings is 3. The van der Waals surface area contributed by atoms with Crippen LogP contribution in [0.1, 0.15) is 54.5 Å². The van der Waals surface area contributed by atoms with Crippen LogP contribution in [0.25, 0.3) is 0 Å². The Labute approximate surface area is 175 Å². The number of nitrogens with zero attached hydrogens (tertiary/aromatic N) is 1. The first-order chi connectivity index (χ1) is 13.4. The Balaban J connectivity index is 0.00000192. The first-order valence-corrected chi connectivity index (χ1v) is 10.4. The maximum atomic E-state index is 2.36. The average Bonchev–Trinajstić information content (AvgIpc) is 3.26. The molecule has 144 valence electrons. The van der Waals surface area contributed by atoms with E-state index in [4.69, 9.17) is 0 Å². The van der Waals surface area contributed by atoms with Crippen molar-refractivity contribution in [1.29, 1.82) is 0 Å². The molecule has 2 fully saturated rings. The van der Waals surface area contributed by atoms with Gasteiger partial charge in [-0.2, -0.15) is 0 Å². The van der Waals surface area contributed by atoms with Crippen molar-refractivity contribution < 1.29 is 16.9 Å². The fraction of sp³-hybridized carbons (Fsp3) is 0.308. The minimum atomic E-state index is 0. The first-order valence-electron chi connectivity index (χ1n) is 10.4. The summed E-state index contributed by atoms with van der Waals surface area (Å²) in [6, 6.07) is 35.8. The summed E-state index contributed by atoms with van der Waals surface area (Å²) >= 11 is 0.